The van der Waals surface area contributed by atoms with Crippen LogP contribution in [0.5, 0.6) is 5.75 Å². The summed E-state index contributed by atoms with van der Waals surface area (Å²) in [5.41, 5.74) is 1.31. The van der Waals surface area contributed by atoms with Crippen molar-refractivity contribution in [2.24, 2.45) is 0 Å². The molecule has 0 spiro atoms. The van der Waals surface area contributed by atoms with Crippen LogP contribution in [-0.4, -0.2) is 17.1 Å². The number of nitrogens with one attached hydrogen (secondary N) is 2. The second-order valence-electron chi connectivity index (χ2n) is 4.96. The average molecular weight is 396 g/mol. The summed E-state index contributed by atoms with van der Waals surface area (Å²) in [4.78, 5) is 8.61. The van der Waals surface area contributed by atoms with E-state index in [4.69, 9.17) is 39.5 Å². The van der Waals surface area contributed by atoms with Crippen LogP contribution in [0, 0.1) is 0 Å². The zero-order valence-electron chi connectivity index (χ0n) is 13.1. The standard InChI is InChI=1S/C17H13Cl3N4O/c1-25-14-6-5-10(18)9-13(14)23-17-21-8-7-15(24-17)22-12-4-2-3-11(19)16(12)20/h2-9H,1H3,(H2,21,22,23,24). The minimum atomic E-state index is 0.378. The number of methoxy groups -OCH3 is 1. The fraction of sp³-hybridized carbons (Fsp3) is 0.0588. The largest absolute Gasteiger partial charge is 0.495 e. The monoisotopic (exact) mass is 394 g/mol. The first-order valence-corrected chi connectivity index (χ1v) is 8.35. The Labute approximate surface area is 159 Å². The molecule has 0 aliphatic heterocycles. The first kappa shape index (κ1) is 17.6. The number of hydrogen-bond donors (Lipinski definition) is 2. The smallest absolute Gasteiger partial charge is 0.229 e. The highest BCUT2D eigenvalue weighted by atomic mass is 35.5. The zero-order chi connectivity index (χ0) is 17.8. The molecule has 128 valence electrons. The van der Waals surface area contributed by atoms with Crippen LogP contribution in [0.15, 0.2) is 48.7 Å². The normalized spacial score (nSPS) is 10.4. The lowest BCUT2D eigenvalue weighted by Gasteiger charge is -2.12. The van der Waals surface area contributed by atoms with Crippen molar-refractivity contribution in [3.05, 3.63) is 63.7 Å². The Hall–Kier alpha value is -2.21. The highest BCUT2D eigenvalue weighted by Crippen LogP contribution is 2.32. The van der Waals surface area contributed by atoms with Crippen LogP contribution >= 0.6 is 34.8 Å². The van der Waals surface area contributed by atoms with Gasteiger partial charge < -0.3 is 15.4 Å². The molecule has 0 radical (unpaired) electrons. The number of aromatic nitrogens is 2. The minimum absolute atomic E-state index is 0.378. The molecular weight excluding hydrogens is 383 g/mol. The van der Waals surface area contributed by atoms with Gasteiger partial charge in [-0.05, 0) is 36.4 Å². The van der Waals surface area contributed by atoms with Crippen molar-refractivity contribution in [1.29, 1.82) is 0 Å². The Balaban J connectivity index is 1.85. The van der Waals surface area contributed by atoms with Gasteiger partial charge in [-0.3, -0.25) is 0 Å². The summed E-state index contributed by atoms with van der Waals surface area (Å²) in [6.45, 7) is 0. The van der Waals surface area contributed by atoms with E-state index in [9.17, 15) is 0 Å². The molecule has 5 nitrogen and oxygen atoms in total. The van der Waals surface area contributed by atoms with Gasteiger partial charge in [-0.15, -0.1) is 0 Å². The lowest BCUT2D eigenvalue weighted by molar-refractivity contribution is 0.417. The van der Waals surface area contributed by atoms with Gasteiger partial charge in [-0.2, -0.15) is 4.98 Å². The van der Waals surface area contributed by atoms with Crippen molar-refractivity contribution >= 4 is 57.9 Å². The summed E-state index contributed by atoms with van der Waals surface area (Å²) >= 11 is 18.2. The number of hydrogen-bond acceptors (Lipinski definition) is 5. The number of halogens is 3. The predicted molar refractivity (Wildman–Crippen MR) is 103 cm³/mol. The summed E-state index contributed by atoms with van der Waals surface area (Å²) < 4.78 is 5.30. The van der Waals surface area contributed by atoms with Crippen LogP contribution < -0.4 is 15.4 Å². The summed E-state index contributed by atoms with van der Waals surface area (Å²) in [6, 6.07) is 12.3. The van der Waals surface area contributed by atoms with Crippen LogP contribution in [0.1, 0.15) is 0 Å². The molecule has 8 heteroatoms. The molecule has 3 rings (SSSR count). The van der Waals surface area contributed by atoms with Crippen molar-refractivity contribution in [3.8, 4) is 5.75 Å². The fourth-order valence-corrected chi connectivity index (χ4v) is 2.65. The zero-order valence-corrected chi connectivity index (χ0v) is 15.3. The molecule has 25 heavy (non-hydrogen) atoms. The lowest BCUT2D eigenvalue weighted by Crippen LogP contribution is -2.02. The third-order valence-corrected chi connectivity index (χ3v) is 4.33. The van der Waals surface area contributed by atoms with Gasteiger partial charge in [0.15, 0.2) is 0 Å². The molecule has 1 heterocycles. The van der Waals surface area contributed by atoms with Gasteiger partial charge >= 0.3 is 0 Å². The molecular formula is C17H13Cl3N4O. The van der Waals surface area contributed by atoms with Crippen LogP contribution in [0.3, 0.4) is 0 Å². The number of rotatable bonds is 5. The van der Waals surface area contributed by atoms with Crippen molar-refractivity contribution in [3.63, 3.8) is 0 Å². The van der Waals surface area contributed by atoms with Crippen LogP contribution in [0.4, 0.5) is 23.1 Å². The quantitative estimate of drug-likeness (QED) is 0.560. The molecule has 2 N–H and O–H groups in total. The molecule has 0 unspecified atom stereocenters. The Bertz CT molecular complexity index is 905. The predicted octanol–water partition coefficient (Wildman–Crippen LogP) is 5.93. The van der Waals surface area contributed by atoms with Crippen LogP contribution in [-0.2, 0) is 0 Å². The van der Waals surface area contributed by atoms with Crippen molar-refractivity contribution in [1.82, 2.24) is 9.97 Å². The molecule has 2 aromatic carbocycles. The topological polar surface area (TPSA) is 59.1 Å². The van der Waals surface area contributed by atoms with Crippen molar-refractivity contribution in [2.45, 2.75) is 0 Å². The fourth-order valence-electron chi connectivity index (χ4n) is 2.13. The Morgan fingerprint density at radius 3 is 2.60 bits per heavy atom. The molecule has 0 saturated heterocycles. The first-order chi connectivity index (χ1) is 12.1. The average Bonchev–Trinajstić information content (AvgIpc) is 2.60. The summed E-state index contributed by atoms with van der Waals surface area (Å²) in [5.74, 6) is 1.57. The number of benzene rings is 2. The van der Waals surface area contributed by atoms with E-state index in [1.807, 2.05) is 6.07 Å². The van der Waals surface area contributed by atoms with E-state index in [2.05, 4.69) is 20.6 Å². The SMILES string of the molecule is COc1ccc(Cl)cc1Nc1nccc(Nc2cccc(Cl)c2Cl)n1. The first-order valence-electron chi connectivity index (χ1n) is 7.21. The van der Waals surface area contributed by atoms with Crippen LogP contribution in [0.2, 0.25) is 15.1 Å². The third-order valence-electron chi connectivity index (χ3n) is 3.28. The van der Waals surface area contributed by atoms with E-state index >= 15 is 0 Å². The van der Waals surface area contributed by atoms with Crippen molar-refractivity contribution in [2.75, 3.05) is 17.7 Å². The van der Waals surface area contributed by atoms with E-state index in [1.165, 1.54) is 0 Å². The van der Waals surface area contributed by atoms with Gasteiger partial charge in [-0.1, -0.05) is 40.9 Å². The van der Waals surface area contributed by atoms with E-state index in [0.717, 1.165) is 0 Å². The maximum Gasteiger partial charge on any atom is 0.229 e. The molecule has 0 saturated carbocycles. The Morgan fingerprint density at radius 2 is 1.80 bits per heavy atom. The maximum atomic E-state index is 6.19. The highest BCUT2D eigenvalue weighted by molar-refractivity contribution is 6.43. The second-order valence-corrected chi connectivity index (χ2v) is 6.18. The van der Waals surface area contributed by atoms with E-state index in [0.29, 0.717) is 44.0 Å². The van der Waals surface area contributed by atoms with Gasteiger partial charge in [0, 0.05) is 11.2 Å². The number of nitrogens with zero attached hydrogens (tertiary/aromatic N) is 2. The van der Waals surface area contributed by atoms with Gasteiger partial charge in [0.05, 0.1) is 28.5 Å². The molecule has 0 amide bonds. The summed E-state index contributed by atoms with van der Waals surface area (Å²) in [5, 5.41) is 7.66. The third kappa shape index (κ3) is 4.25. The Kier molecular flexibility index (Phi) is 5.48. The molecule has 3 aromatic rings. The van der Waals surface area contributed by atoms with E-state index in [1.54, 1.807) is 49.7 Å². The molecule has 0 bridgehead atoms. The van der Waals surface area contributed by atoms with Gasteiger partial charge in [-0.25, -0.2) is 4.98 Å². The van der Waals surface area contributed by atoms with Gasteiger partial charge in [0.1, 0.15) is 11.6 Å². The minimum Gasteiger partial charge on any atom is -0.495 e. The van der Waals surface area contributed by atoms with Crippen LogP contribution in [0.25, 0.3) is 0 Å². The molecule has 0 fully saturated rings. The second kappa shape index (κ2) is 7.78. The highest BCUT2D eigenvalue weighted by Gasteiger charge is 2.08. The summed E-state index contributed by atoms with van der Waals surface area (Å²) in [7, 11) is 1.58. The molecule has 0 aliphatic rings. The molecule has 0 atom stereocenters. The van der Waals surface area contributed by atoms with Gasteiger partial charge in [0.25, 0.3) is 0 Å². The number of anilines is 4. The van der Waals surface area contributed by atoms with Gasteiger partial charge in [0.2, 0.25) is 5.95 Å². The number of ether oxygens (including phenoxy) is 1. The van der Waals surface area contributed by atoms with Crippen molar-refractivity contribution < 1.29 is 4.74 Å². The maximum absolute atomic E-state index is 6.19. The summed E-state index contributed by atoms with van der Waals surface area (Å²) in [6.07, 6.45) is 1.62. The molecule has 0 aliphatic carbocycles. The van der Waals surface area contributed by atoms with E-state index < -0.39 is 0 Å². The molecule has 1 aromatic heterocycles. The van der Waals surface area contributed by atoms with E-state index in [-0.39, 0.29) is 0 Å². The Morgan fingerprint density at radius 1 is 0.960 bits per heavy atom. The lowest BCUT2D eigenvalue weighted by atomic mass is 10.3.